The Morgan fingerprint density at radius 3 is 1.85 bits per heavy atom. The maximum Gasteiger partial charge on any atom is 0.0468 e. The summed E-state index contributed by atoms with van der Waals surface area (Å²) in [5, 5.41) is 0. The van der Waals surface area contributed by atoms with Gasteiger partial charge in [0.05, 0.1) is 0 Å². The van der Waals surface area contributed by atoms with Crippen molar-refractivity contribution in [2.75, 3.05) is 4.90 Å². The summed E-state index contributed by atoms with van der Waals surface area (Å²) in [5.41, 5.74) is 15.5. The predicted octanol–water partition coefficient (Wildman–Crippen LogP) is 12.9. The van der Waals surface area contributed by atoms with Gasteiger partial charge in [0.2, 0.25) is 0 Å². The molecular weight excluding hydrogens is 567 g/mol. The lowest BCUT2D eigenvalue weighted by Gasteiger charge is -2.27. The summed E-state index contributed by atoms with van der Waals surface area (Å²) < 4.78 is 0. The van der Waals surface area contributed by atoms with Gasteiger partial charge < -0.3 is 4.90 Å². The molecule has 0 amide bonds. The van der Waals surface area contributed by atoms with Crippen LogP contribution in [0.1, 0.15) is 37.5 Å². The first-order chi connectivity index (χ1) is 23.0. The highest BCUT2D eigenvalue weighted by Crippen LogP contribution is 2.50. The average Bonchev–Trinajstić information content (AvgIpc) is 3.35. The summed E-state index contributed by atoms with van der Waals surface area (Å²) in [6, 6.07) is 52.6. The molecule has 0 atom stereocenters. The molecule has 0 radical (unpaired) electrons. The topological polar surface area (TPSA) is 3.24 Å². The third-order valence-electron chi connectivity index (χ3n) is 9.35. The summed E-state index contributed by atoms with van der Waals surface area (Å²) in [6.07, 6.45) is 8.27. The molecule has 0 unspecified atom stereocenters. The van der Waals surface area contributed by atoms with Crippen molar-refractivity contribution in [1.29, 1.82) is 0 Å². The van der Waals surface area contributed by atoms with Crippen molar-refractivity contribution in [3.63, 3.8) is 0 Å². The molecule has 0 N–H and O–H groups in total. The van der Waals surface area contributed by atoms with Crippen LogP contribution in [-0.2, 0) is 5.41 Å². The molecule has 0 aromatic heterocycles. The highest BCUT2D eigenvalue weighted by atomic mass is 15.1. The molecule has 0 saturated heterocycles. The van der Waals surface area contributed by atoms with Crippen molar-refractivity contribution in [1.82, 2.24) is 0 Å². The molecule has 0 fully saturated rings. The van der Waals surface area contributed by atoms with Crippen LogP contribution in [0.3, 0.4) is 0 Å². The fraction of sp³-hybridized carbons (Fsp3) is 0.0870. The monoisotopic (exact) mass is 605 g/mol. The van der Waals surface area contributed by atoms with Crippen LogP contribution in [0.4, 0.5) is 17.1 Å². The number of allylic oxidation sites excluding steroid dienone is 5. The van der Waals surface area contributed by atoms with E-state index < -0.39 is 0 Å². The van der Waals surface area contributed by atoms with Gasteiger partial charge in [-0.15, -0.1) is 0 Å². The van der Waals surface area contributed by atoms with Gasteiger partial charge >= 0.3 is 0 Å². The van der Waals surface area contributed by atoms with E-state index in [9.17, 15) is 0 Å². The number of nitrogens with zero attached hydrogens (tertiary/aromatic N) is 1. The first-order valence-corrected chi connectivity index (χ1v) is 16.3. The van der Waals surface area contributed by atoms with Crippen LogP contribution >= 0.6 is 0 Å². The molecule has 0 bridgehead atoms. The van der Waals surface area contributed by atoms with E-state index >= 15 is 0 Å². The van der Waals surface area contributed by atoms with Gasteiger partial charge in [-0.05, 0) is 105 Å². The van der Waals surface area contributed by atoms with Crippen LogP contribution in [0.5, 0.6) is 0 Å². The zero-order valence-corrected chi connectivity index (χ0v) is 27.3. The minimum Gasteiger partial charge on any atom is -0.310 e. The maximum atomic E-state index is 4.57. The number of para-hydroxylation sites is 1. The molecule has 0 spiro atoms. The van der Waals surface area contributed by atoms with Gasteiger partial charge in [-0.3, -0.25) is 0 Å². The van der Waals surface area contributed by atoms with Gasteiger partial charge in [-0.25, -0.2) is 0 Å². The molecule has 0 saturated carbocycles. The number of fused-ring (bicyclic) bond motifs is 3. The van der Waals surface area contributed by atoms with Crippen molar-refractivity contribution >= 4 is 22.6 Å². The van der Waals surface area contributed by atoms with Crippen LogP contribution in [0, 0.1) is 0 Å². The van der Waals surface area contributed by atoms with Gasteiger partial charge in [0.15, 0.2) is 0 Å². The fourth-order valence-corrected chi connectivity index (χ4v) is 6.89. The van der Waals surface area contributed by atoms with Crippen LogP contribution in [0.25, 0.3) is 39.0 Å². The molecule has 1 heteroatoms. The van der Waals surface area contributed by atoms with Crippen molar-refractivity contribution in [2.45, 2.75) is 26.2 Å². The number of benzene rings is 6. The van der Waals surface area contributed by atoms with Gasteiger partial charge in [0.1, 0.15) is 0 Å². The summed E-state index contributed by atoms with van der Waals surface area (Å²) >= 11 is 0. The van der Waals surface area contributed by atoms with Crippen molar-refractivity contribution in [2.24, 2.45) is 0 Å². The number of hydrogen-bond acceptors (Lipinski definition) is 1. The Morgan fingerprint density at radius 2 is 1.11 bits per heavy atom. The summed E-state index contributed by atoms with van der Waals surface area (Å²) in [5.74, 6) is 0. The van der Waals surface area contributed by atoms with E-state index in [1.54, 1.807) is 0 Å². The largest absolute Gasteiger partial charge is 0.310 e. The molecular formula is C46H39N. The Kier molecular flexibility index (Phi) is 8.06. The Morgan fingerprint density at radius 1 is 0.532 bits per heavy atom. The minimum absolute atomic E-state index is 0.0686. The summed E-state index contributed by atoms with van der Waals surface area (Å²) in [4.78, 5) is 2.33. The summed E-state index contributed by atoms with van der Waals surface area (Å²) in [6.45, 7) is 11.3. The highest BCUT2D eigenvalue weighted by molar-refractivity contribution is 5.91. The van der Waals surface area contributed by atoms with Gasteiger partial charge in [0.25, 0.3) is 0 Å². The lowest BCUT2D eigenvalue weighted by Crippen LogP contribution is -2.15. The molecule has 1 aliphatic carbocycles. The Hall–Kier alpha value is -5.66. The molecule has 6 aromatic rings. The average molecular weight is 606 g/mol. The number of anilines is 3. The van der Waals surface area contributed by atoms with E-state index in [1.165, 1.54) is 44.5 Å². The van der Waals surface area contributed by atoms with Gasteiger partial charge in [0, 0.05) is 22.5 Å². The lowest BCUT2D eigenvalue weighted by atomic mass is 9.81. The second kappa shape index (κ2) is 12.6. The highest BCUT2D eigenvalue weighted by Gasteiger charge is 2.35. The Labute approximate surface area is 279 Å². The Balaban J connectivity index is 1.36. The molecule has 0 aliphatic heterocycles. The maximum absolute atomic E-state index is 4.57. The van der Waals surface area contributed by atoms with E-state index in [1.807, 2.05) is 13.0 Å². The standard InChI is InChI=1S/C46H39N/c1-5-6-9-16-33(2)43-32-39(28-30-40(43)36-25-29-42-41-21-14-15-22-44(41)46(3,4)45(42)31-36)47(37-19-12-8-13-20-37)38-26-23-35(24-27-38)34-17-10-7-11-18-34/h5-32H,2H2,1,3-4H3/b6-5-,16-9-. The third-order valence-corrected chi connectivity index (χ3v) is 9.35. The molecule has 1 nitrogen and oxygen atoms in total. The molecule has 0 heterocycles. The third kappa shape index (κ3) is 5.66. The number of rotatable bonds is 8. The van der Waals surface area contributed by atoms with E-state index in [2.05, 4.69) is 189 Å². The zero-order chi connectivity index (χ0) is 32.4. The number of hydrogen-bond donors (Lipinski definition) is 0. The van der Waals surface area contributed by atoms with Crippen LogP contribution in [-0.4, -0.2) is 0 Å². The normalized spacial score (nSPS) is 13.1. The van der Waals surface area contributed by atoms with Crippen LogP contribution in [0.2, 0.25) is 0 Å². The first kappa shape index (κ1) is 30.0. The minimum atomic E-state index is -0.0686. The van der Waals surface area contributed by atoms with E-state index in [0.29, 0.717) is 0 Å². The van der Waals surface area contributed by atoms with Crippen LogP contribution in [0.15, 0.2) is 176 Å². The van der Waals surface area contributed by atoms with E-state index in [-0.39, 0.29) is 5.41 Å². The lowest BCUT2D eigenvalue weighted by molar-refractivity contribution is 0.660. The molecule has 6 aromatic carbocycles. The molecule has 228 valence electrons. The molecule has 47 heavy (non-hydrogen) atoms. The first-order valence-electron chi connectivity index (χ1n) is 16.3. The second-order valence-corrected chi connectivity index (χ2v) is 12.7. The van der Waals surface area contributed by atoms with Crippen molar-refractivity contribution in [3.8, 4) is 33.4 Å². The van der Waals surface area contributed by atoms with Crippen LogP contribution < -0.4 is 4.90 Å². The van der Waals surface area contributed by atoms with Gasteiger partial charge in [-0.2, -0.15) is 0 Å². The van der Waals surface area contributed by atoms with E-state index in [0.717, 1.165) is 28.2 Å². The SMILES string of the molecule is C=C(/C=C\C=C/C)c1cc(N(c2ccccc2)c2ccc(-c3ccccc3)cc2)ccc1-c1ccc2c(c1)C(C)(C)c1ccccc1-2. The van der Waals surface area contributed by atoms with Crippen molar-refractivity contribution < 1.29 is 0 Å². The predicted molar refractivity (Wildman–Crippen MR) is 203 cm³/mol. The molecule has 7 rings (SSSR count). The second-order valence-electron chi connectivity index (χ2n) is 12.7. The van der Waals surface area contributed by atoms with E-state index in [4.69, 9.17) is 0 Å². The zero-order valence-electron chi connectivity index (χ0n) is 27.3. The Bertz CT molecular complexity index is 2110. The molecule has 1 aliphatic rings. The smallest absolute Gasteiger partial charge is 0.0468 e. The quantitative estimate of drug-likeness (QED) is 0.156. The van der Waals surface area contributed by atoms with Crippen molar-refractivity contribution in [3.05, 3.63) is 193 Å². The summed E-state index contributed by atoms with van der Waals surface area (Å²) in [7, 11) is 0. The fourth-order valence-electron chi connectivity index (χ4n) is 6.89. The van der Waals surface area contributed by atoms with Gasteiger partial charge in [-0.1, -0.05) is 148 Å².